The van der Waals surface area contributed by atoms with E-state index in [2.05, 4.69) is 6.58 Å². The third-order valence-corrected chi connectivity index (χ3v) is 2.32. The zero-order valence-electron chi connectivity index (χ0n) is 10.0. The Balaban J connectivity index is 2.92. The second-order valence-electron chi connectivity index (χ2n) is 4.04. The van der Waals surface area contributed by atoms with E-state index in [0.29, 0.717) is 6.42 Å². The lowest BCUT2D eigenvalue weighted by molar-refractivity contribution is -0.139. The van der Waals surface area contributed by atoms with E-state index in [1.807, 2.05) is 0 Å². The zero-order chi connectivity index (χ0) is 13.8. The van der Waals surface area contributed by atoms with Crippen LogP contribution in [0.4, 0.5) is 13.2 Å². The molecule has 0 aliphatic heterocycles. The minimum Gasteiger partial charge on any atom is -0.493 e. The van der Waals surface area contributed by atoms with Crippen LogP contribution in [0, 0.1) is 0 Å². The number of benzene rings is 1. The van der Waals surface area contributed by atoms with E-state index in [-0.39, 0.29) is 17.9 Å². The molecular weight excluding hydrogens is 245 g/mol. The summed E-state index contributed by atoms with van der Waals surface area (Å²) in [5.41, 5.74) is 0.181. The van der Waals surface area contributed by atoms with Gasteiger partial charge >= 0.3 is 6.18 Å². The molecule has 2 nitrogen and oxygen atoms in total. The molecule has 5 heteroatoms. The molecule has 18 heavy (non-hydrogen) atoms. The number of aliphatic hydroxyl groups excluding tert-OH is 1. The number of alkyl halides is 3. The Kier molecular flexibility index (Phi) is 4.78. The summed E-state index contributed by atoms with van der Waals surface area (Å²) < 4.78 is 43.4. The molecule has 1 N–H and O–H groups in total. The van der Waals surface area contributed by atoms with Crippen LogP contribution in [0.5, 0.6) is 5.75 Å². The summed E-state index contributed by atoms with van der Waals surface area (Å²) in [4.78, 5) is 0. The highest BCUT2D eigenvalue weighted by molar-refractivity contribution is 5.39. The van der Waals surface area contributed by atoms with Crippen molar-refractivity contribution in [3.8, 4) is 5.75 Å². The summed E-state index contributed by atoms with van der Waals surface area (Å²) in [5, 5.41) is 8.85. The van der Waals surface area contributed by atoms with Gasteiger partial charge in [0.2, 0.25) is 0 Å². The molecular formula is C13H15F3O2. The Labute approximate surface area is 104 Å². The minimum atomic E-state index is -4.50. The molecule has 0 fully saturated rings. The molecule has 0 aromatic heterocycles. The van der Waals surface area contributed by atoms with Gasteiger partial charge in [0.1, 0.15) is 5.75 Å². The Morgan fingerprint density at radius 3 is 2.56 bits per heavy atom. The van der Waals surface area contributed by atoms with E-state index in [1.165, 1.54) is 12.1 Å². The lowest BCUT2D eigenvalue weighted by Crippen LogP contribution is -2.10. The molecule has 0 aliphatic carbocycles. The molecule has 0 atom stereocenters. The van der Waals surface area contributed by atoms with Crippen molar-refractivity contribution in [1.29, 1.82) is 0 Å². The molecule has 0 saturated carbocycles. The van der Waals surface area contributed by atoms with Crippen LogP contribution >= 0.6 is 0 Å². The van der Waals surface area contributed by atoms with Crippen molar-refractivity contribution < 1.29 is 23.0 Å². The molecule has 0 heterocycles. The maximum Gasteiger partial charge on any atom is 0.419 e. The fraction of sp³-hybridized carbons (Fsp3) is 0.385. The largest absolute Gasteiger partial charge is 0.493 e. The SMILES string of the molecule is C=C(C)CCOc1ccc(CO)cc1C(F)(F)F. The van der Waals surface area contributed by atoms with Crippen LogP contribution in [0.25, 0.3) is 0 Å². The van der Waals surface area contributed by atoms with Crippen molar-refractivity contribution in [2.24, 2.45) is 0 Å². The van der Waals surface area contributed by atoms with Crippen LogP contribution in [-0.4, -0.2) is 11.7 Å². The maximum absolute atomic E-state index is 12.8. The van der Waals surface area contributed by atoms with Gasteiger partial charge in [-0.15, -0.1) is 6.58 Å². The van der Waals surface area contributed by atoms with Gasteiger partial charge in [-0.3, -0.25) is 0 Å². The van der Waals surface area contributed by atoms with Crippen LogP contribution in [0.15, 0.2) is 30.4 Å². The number of aliphatic hydroxyl groups is 1. The minimum absolute atomic E-state index is 0.150. The predicted octanol–water partition coefficient (Wildman–Crippen LogP) is 3.54. The summed E-state index contributed by atoms with van der Waals surface area (Å²) in [6, 6.07) is 3.54. The van der Waals surface area contributed by atoms with E-state index in [0.717, 1.165) is 11.6 Å². The third kappa shape index (κ3) is 4.07. The molecule has 0 amide bonds. The Morgan fingerprint density at radius 1 is 1.39 bits per heavy atom. The standard InChI is InChI=1S/C13H15F3O2/c1-9(2)5-6-18-12-4-3-10(8-17)7-11(12)13(14,15)16/h3-4,7,17H,1,5-6,8H2,2H3. The highest BCUT2D eigenvalue weighted by atomic mass is 19.4. The van der Waals surface area contributed by atoms with Gasteiger partial charge in [-0.25, -0.2) is 0 Å². The van der Waals surface area contributed by atoms with Gasteiger partial charge in [-0.05, 0) is 24.6 Å². The lowest BCUT2D eigenvalue weighted by Gasteiger charge is -2.15. The number of ether oxygens (including phenoxy) is 1. The Hall–Kier alpha value is -1.49. The van der Waals surface area contributed by atoms with Crippen molar-refractivity contribution in [1.82, 2.24) is 0 Å². The normalized spacial score (nSPS) is 11.4. The second kappa shape index (κ2) is 5.91. The van der Waals surface area contributed by atoms with E-state index >= 15 is 0 Å². The Morgan fingerprint density at radius 2 is 2.06 bits per heavy atom. The van der Waals surface area contributed by atoms with Gasteiger partial charge in [0.15, 0.2) is 0 Å². The van der Waals surface area contributed by atoms with Crippen LogP contribution in [0.2, 0.25) is 0 Å². The molecule has 0 unspecified atom stereocenters. The van der Waals surface area contributed by atoms with Crippen molar-refractivity contribution in [3.63, 3.8) is 0 Å². The number of hydrogen-bond acceptors (Lipinski definition) is 2. The van der Waals surface area contributed by atoms with E-state index in [9.17, 15) is 13.2 Å². The summed E-state index contributed by atoms with van der Waals surface area (Å²) in [6.45, 7) is 5.14. The molecule has 0 bridgehead atoms. The quantitative estimate of drug-likeness (QED) is 0.820. The van der Waals surface area contributed by atoms with Crippen LogP contribution in [-0.2, 0) is 12.8 Å². The molecule has 0 saturated heterocycles. The van der Waals surface area contributed by atoms with Gasteiger partial charge < -0.3 is 9.84 Å². The van der Waals surface area contributed by atoms with Crippen molar-refractivity contribution in [2.45, 2.75) is 26.1 Å². The summed E-state index contributed by atoms with van der Waals surface area (Å²) >= 11 is 0. The Bertz CT molecular complexity index is 425. The van der Waals surface area contributed by atoms with Gasteiger partial charge in [-0.1, -0.05) is 11.6 Å². The summed E-state index contributed by atoms with van der Waals surface area (Å²) in [6.07, 6.45) is -4.00. The van der Waals surface area contributed by atoms with Gasteiger partial charge in [0.25, 0.3) is 0 Å². The third-order valence-electron chi connectivity index (χ3n) is 2.32. The molecule has 100 valence electrons. The summed E-state index contributed by atoms with van der Waals surface area (Å²) in [7, 11) is 0. The maximum atomic E-state index is 12.8. The molecule has 1 rings (SSSR count). The fourth-order valence-electron chi connectivity index (χ4n) is 1.36. The predicted molar refractivity (Wildman–Crippen MR) is 62.3 cm³/mol. The van der Waals surface area contributed by atoms with Crippen LogP contribution in [0.3, 0.4) is 0 Å². The first kappa shape index (κ1) is 14.6. The van der Waals surface area contributed by atoms with Crippen molar-refractivity contribution in [3.05, 3.63) is 41.5 Å². The van der Waals surface area contributed by atoms with Gasteiger partial charge in [0.05, 0.1) is 18.8 Å². The molecule has 1 aromatic rings. The molecule has 1 aromatic carbocycles. The number of rotatable bonds is 5. The first-order valence-electron chi connectivity index (χ1n) is 5.42. The average molecular weight is 260 g/mol. The van der Waals surface area contributed by atoms with E-state index in [4.69, 9.17) is 9.84 Å². The first-order valence-corrected chi connectivity index (χ1v) is 5.42. The van der Waals surface area contributed by atoms with E-state index in [1.54, 1.807) is 6.92 Å². The summed E-state index contributed by atoms with van der Waals surface area (Å²) in [5.74, 6) is -0.221. The highest BCUT2D eigenvalue weighted by Crippen LogP contribution is 2.36. The fourth-order valence-corrected chi connectivity index (χ4v) is 1.36. The topological polar surface area (TPSA) is 29.5 Å². The van der Waals surface area contributed by atoms with Crippen LogP contribution in [0.1, 0.15) is 24.5 Å². The first-order chi connectivity index (χ1) is 8.34. The van der Waals surface area contributed by atoms with Crippen molar-refractivity contribution in [2.75, 3.05) is 6.61 Å². The van der Waals surface area contributed by atoms with E-state index < -0.39 is 18.3 Å². The van der Waals surface area contributed by atoms with Gasteiger partial charge in [-0.2, -0.15) is 13.2 Å². The highest BCUT2D eigenvalue weighted by Gasteiger charge is 2.34. The number of hydrogen-bond donors (Lipinski definition) is 1. The smallest absolute Gasteiger partial charge is 0.419 e. The molecule has 0 spiro atoms. The number of halogens is 3. The second-order valence-corrected chi connectivity index (χ2v) is 4.04. The monoisotopic (exact) mass is 260 g/mol. The lowest BCUT2D eigenvalue weighted by atomic mass is 10.1. The van der Waals surface area contributed by atoms with Crippen LogP contribution < -0.4 is 4.74 Å². The molecule has 0 radical (unpaired) electrons. The molecule has 0 aliphatic rings. The van der Waals surface area contributed by atoms with Gasteiger partial charge in [0, 0.05) is 6.42 Å². The van der Waals surface area contributed by atoms with Crippen molar-refractivity contribution >= 4 is 0 Å². The average Bonchev–Trinajstić information content (AvgIpc) is 2.27. The zero-order valence-corrected chi connectivity index (χ0v) is 10.0.